The van der Waals surface area contributed by atoms with Crippen molar-refractivity contribution >= 4 is 34.8 Å². The Morgan fingerprint density at radius 3 is 2.60 bits per heavy atom. The van der Waals surface area contributed by atoms with Gasteiger partial charge in [0.15, 0.2) is 6.61 Å². The van der Waals surface area contributed by atoms with Crippen LogP contribution in [0.5, 0.6) is 5.75 Å². The number of unbranched alkanes of at least 4 members (excludes halogenated alkanes) is 1. The number of halogens is 2. The number of benzene rings is 2. The average Bonchev–Trinajstić information content (AvgIpc) is 2.62. The summed E-state index contributed by atoms with van der Waals surface area (Å²) in [5, 5.41) is 5.13. The summed E-state index contributed by atoms with van der Waals surface area (Å²) in [7, 11) is 0. The van der Waals surface area contributed by atoms with Gasteiger partial charge in [-0.1, -0.05) is 66.9 Å². The second-order valence-corrected chi connectivity index (χ2v) is 6.27. The van der Waals surface area contributed by atoms with Crippen molar-refractivity contribution < 1.29 is 9.53 Å². The number of rotatable bonds is 8. The fraction of sp³-hybridized carbons (Fsp3) is 0.263. The van der Waals surface area contributed by atoms with Gasteiger partial charge in [-0.15, -0.1) is 0 Å². The molecule has 0 spiro atoms. The third-order valence-electron chi connectivity index (χ3n) is 3.44. The van der Waals surface area contributed by atoms with Gasteiger partial charge < -0.3 is 4.74 Å². The lowest BCUT2D eigenvalue weighted by Gasteiger charge is -2.09. The van der Waals surface area contributed by atoms with Crippen molar-refractivity contribution in [1.82, 2.24) is 5.43 Å². The maximum Gasteiger partial charge on any atom is 0.277 e. The molecule has 2 aromatic carbocycles. The molecule has 0 saturated heterocycles. The number of hydrazone groups is 1. The number of nitrogens with zero attached hydrogens (tertiary/aromatic N) is 1. The first-order valence-corrected chi connectivity index (χ1v) is 8.84. The molecular formula is C19H20Cl2N2O2. The van der Waals surface area contributed by atoms with Gasteiger partial charge in [-0.3, -0.25) is 4.79 Å². The van der Waals surface area contributed by atoms with E-state index in [2.05, 4.69) is 17.5 Å². The average molecular weight is 379 g/mol. The largest absolute Gasteiger partial charge is 0.482 e. The Hall–Kier alpha value is -2.04. The molecule has 2 aromatic rings. The van der Waals surface area contributed by atoms with E-state index in [1.165, 1.54) is 0 Å². The molecule has 0 atom stereocenters. The van der Waals surface area contributed by atoms with Crippen molar-refractivity contribution in [1.29, 1.82) is 0 Å². The van der Waals surface area contributed by atoms with Crippen LogP contribution < -0.4 is 10.2 Å². The maximum absolute atomic E-state index is 12.0. The van der Waals surface area contributed by atoms with E-state index < -0.39 is 0 Å². The van der Waals surface area contributed by atoms with Crippen LogP contribution in [0.1, 0.15) is 31.7 Å². The molecule has 0 saturated carbocycles. The molecule has 0 bridgehead atoms. The molecule has 6 heteroatoms. The van der Waals surface area contributed by atoms with Gasteiger partial charge in [0.05, 0.1) is 10.7 Å². The SMILES string of the molecule is CCCC/C(=N/NC(=O)COc1ccc(Cl)cc1Cl)c1ccccc1. The zero-order valence-electron chi connectivity index (χ0n) is 14.0. The number of carbonyl (C=O) groups excluding carboxylic acids is 1. The summed E-state index contributed by atoms with van der Waals surface area (Å²) in [6.45, 7) is 1.94. The Labute approximate surface area is 157 Å². The topological polar surface area (TPSA) is 50.7 Å². The number of carbonyl (C=O) groups is 1. The Kier molecular flexibility index (Phi) is 7.76. The first kappa shape index (κ1) is 19.3. The molecule has 0 heterocycles. The first-order chi connectivity index (χ1) is 12.1. The number of hydrogen-bond donors (Lipinski definition) is 1. The number of hydrogen-bond acceptors (Lipinski definition) is 3. The van der Waals surface area contributed by atoms with Crippen LogP contribution in [0.3, 0.4) is 0 Å². The van der Waals surface area contributed by atoms with Crippen molar-refractivity contribution in [2.24, 2.45) is 5.10 Å². The number of nitrogens with one attached hydrogen (secondary N) is 1. The number of ether oxygens (including phenoxy) is 1. The van der Waals surface area contributed by atoms with E-state index in [1.807, 2.05) is 30.3 Å². The standard InChI is InChI=1S/C19H20Cl2N2O2/c1-2-3-9-17(14-7-5-4-6-8-14)22-23-19(24)13-25-18-11-10-15(20)12-16(18)21/h4-8,10-12H,2-3,9,13H2,1H3,(H,23,24)/b22-17-. The third kappa shape index (κ3) is 6.40. The summed E-state index contributed by atoms with van der Waals surface area (Å²) in [5.41, 5.74) is 4.39. The fourth-order valence-corrected chi connectivity index (χ4v) is 2.60. The van der Waals surface area contributed by atoms with E-state index in [-0.39, 0.29) is 12.5 Å². The van der Waals surface area contributed by atoms with Crippen molar-refractivity contribution in [3.8, 4) is 5.75 Å². The molecule has 25 heavy (non-hydrogen) atoms. The van der Waals surface area contributed by atoms with E-state index in [0.29, 0.717) is 15.8 Å². The smallest absolute Gasteiger partial charge is 0.277 e. The summed E-state index contributed by atoms with van der Waals surface area (Å²) in [6, 6.07) is 14.6. The Morgan fingerprint density at radius 2 is 1.92 bits per heavy atom. The lowest BCUT2D eigenvalue weighted by molar-refractivity contribution is -0.123. The highest BCUT2D eigenvalue weighted by Crippen LogP contribution is 2.27. The lowest BCUT2D eigenvalue weighted by Crippen LogP contribution is -2.26. The number of amides is 1. The Bertz CT molecular complexity index is 733. The Balaban J connectivity index is 1.96. The molecule has 2 rings (SSSR count). The molecule has 1 amide bonds. The Morgan fingerprint density at radius 1 is 1.16 bits per heavy atom. The zero-order valence-corrected chi connectivity index (χ0v) is 15.5. The second-order valence-electron chi connectivity index (χ2n) is 5.43. The van der Waals surface area contributed by atoms with Crippen LogP contribution in [-0.2, 0) is 4.79 Å². The van der Waals surface area contributed by atoms with Gasteiger partial charge in [-0.25, -0.2) is 5.43 Å². The minimum Gasteiger partial charge on any atom is -0.482 e. The van der Waals surface area contributed by atoms with Gasteiger partial charge in [-0.2, -0.15) is 5.10 Å². The maximum atomic E-state index is 12.0. The van der Waals surface area contributed by atoms with Crippen LogP contribution in [0.4, 0.5) is 0 Å². The predicted octanol–water partition coefficient (Wildman–Crippen LogP) is 5.08. The summed E-state index contributed by atoms with van der Waals surface area (Å²) < 4.78 is 5.40. The van der Waals surface area contributed by atoms with Crippen LogP contribution in [-0.4, -0.2) is 18.2 Å². The molecule has 0 aromatic heterocycles. The van der Waals surface area contributed by atoms with Gasteiger partial charge in [0.25, 0.3) is 5.91 Å². The minimum atomic E-state index is -0.351. The minimum absolute atomic E-state index is 0.180. The van der Waals surface area contributed by atoms with E-state index in [9.17, 15) is 4.79 Å². The summed E-state index contributed by atoms with van der Waals surface area (Å²) in [5.74, 6) is 0.0513. The van der Waals surface area contributed by atoms with E-state index in [1.54, 1.807) is 18.2 Å². The fourth-order valence-electron chi connectivity index (χ4n) is 2.14. The van der Waals surface area contributed by atoms with Crippen molar-refractivity contribution in [2.45, 2.75) is 26.2 Å². The van der Waals surface area contributed by atoms with Crippen LogP contribution in [0.15, 0.2) is 53.6 Å². The van der Waals surface area contributed by atoms with Gasteiger partial charge in [0.2, 0.25) is 0 Å². The van der Waals surface area contributed by atoms with Crippen LogP contribution in [0.25, 0.3) is 0 Å². The third-order valence-corrected chi connectivity index (χ3v) is 3.97. The van der Waals surface area contributed by atoms with Gasteiger partial charge in [0.1, 0.15) is 5.75 Å². The van der Waals surface area contributed by atoms with Gasteiger partial charge in [-0.05, 0) is 36.6 Å². The van der Waals surface area contributed by atoms with Crippen molar-refractivity contribution in [3.05, 3.63) is 64.1 Å². The van der Waals surface area contributed by atoms with Crippen molar-refractivity contribution in [2.75, 3.05) is 6.61 Å². The quantitative estimate of drug-likeness (QED) is 0.514. The summed E-state index contributed by atoms with van der Waals surface area (Å²) in [4.78, 5) is 12.0. The summed E-state index contributed by atoms with van der Waals surface area (Å²) >= 11 is 11.8. The molecule has 0 unspecified atom stereocenters. The predicted molar refractivity (Wildman–Crippen MR) is 103 cm³/mol. The first-order valence-electron chi connectivity index (χ1n) is 8.09. The second kappa shape index (κ2) is 10.1. The molecule has 0 aliphatic rings. The molecule has 132 valence electrons. The van der Waals surface area contributed by atoms with Crippen LogP contribution >= 0.6 is 23.2 Å². The van der Waals surface area contributed by atoms with Crippen LogP contribution in [0, 0.1) is 0 Å². The van der Waals surface area contributed by atoms with Gasteiger partial charge in [0, 0.05) is 5.02 Å². The normalized spacial score (nSPS) is 11.2. The van der Waals surface area contributed by atoms with E-state index in [0.717, 1.165) is 30.5 Å². The summed E-state index contributed by atoms with van der Waals surface area (Å²) in [6.07, 6.45) is 2.85. The van der Waals surface area contributed by atoms with Gasteiger partial charge >= 0.3 is 0 Å². The molecule has 4 nitrogen and oxygen atoms in total. The van der Waals surface area contributed by atoms with Crippen molar-refractivity contribution in [3.63, 3.8) is 0 Å². The van der Waals surface area contributed by atoms with Crippen LogP contribution in [0.2, 0.25) is 10.0 Å². The van der Waals surface area contributed by atoms with E-state index in [4.69, 9.17) is 27.9 Å². The highest BCUT2D eigenvalue weighted by Gasteiger charge is 2.08. The molecular weight excluding hydrogens is 359 g/mol. The monoisotopic (exact) mass is 378 g/mol. The molecule has 0 radical (unpaired) electrons. The lowest BCUT2D eigenvalue weighted by atomic mass is 10.1. The van der Waals surface area contributed by atoms with E-state index >= 15 is 0 Å². The highest BCUT2D eigenvalue weighted by atomic mass is 35.5. The zero-order chi connectivity index (χ0) is 18.1. The highest BCUT2D eigenvalue weighted by molar-refractivity contribution is 6.35. The molecule has 1 N–H and O–H groups in total. The molecule has 0 fully saturated rings. The molecule has 0 aliphatic heterocycles. The molecule has 0 aliphatic carbocycles.